The van der Waals surface area contributed by atoms with Crippen molar-refractivity contribution in [2.45, 2.75) is 424 Å². The number of ether oxygens (including phenoxy) is 1. The number of rotatable bonds is 68. The van der Waals surface area contributed by atoms with Gasteiger partial charge in [-0.25, -0.2) is 0 Å². The number of carbonyl (C=O) groups is 2. The zero-order chi connectivity index (χ0) is 56.4. The third kappa shape index (κ3) is 63.8. The van der Waals surface area contributed by atoms with Gasteiger partial charge in [0.15, 0.2) is 0 Å². The predicted molar refractivity (Wildman–Crippen MR) is 343 cm³/mol. The maximum absolute atomic E-state index is 12.5. The minimum Gasteiger partial charge on any atom is -0.466 e. The van der Waals surface area contributed by atoms with Gasteiger partial charge >= 0.3 is 5.97 Å². The summed E-state index contributed by atoms with van der Waals surface area (Å²) in [6, 6.07) is -0.541. The van der Waals surface area contributed by atoms with Crippen molar-refractivity contribution < 1.29 is 24.5 Å². The van der Waals surface area contributed by atoms with E-state index in [9.17, 15) is 19.8 Å². The van der Waals surface area contributed by atoms with Crippen LogP contribution < -0.4 is 5.32 Å². The maximum Gasteiger partial charge on any atom is 0.305 e. The Hall–Kier alpha value is -1.40. The molecule has 6 nitrogen and oxygen atoms in total. The molecular formula is C72H141NO5. The molecule has 0 aliphatic carbocycles. The minimum absolute atomic E-state index is 0.00968. The standard InChI is InChI=1S/C72H141NO5/c1-3-5-7-9-11-13-15-17-19-20-21-27-30-33-37-40-44-48-52-56-60-64-70(75)69(68-74)73-71(76)65-61-57-53-49-45-41-38-34-31-28-25-23-22-24-26-29-32-35-39-43-47-51-55-59-63-67-78-72(77)66-62-58-54-50-46-42-36-18-16-14-12-10-8-6-4-2/h18,36,69-70,74-75H,3-17,19-35,37-68H2,1-2H3,(H,73,76)/b36-18-. The molecule has 0 aliphatic rings. The third-order valence-corrected chi connectivity index (χ3v) is 17.1. The number of aliphatic hydroxyl groups excluding tert-OH is 2. The van der Waals surface area contributed by atoms with Gasteiger partial charge in [-0.2, -0.15) is 0 Å². The van der Waals surface area contributed by atoms with E-state index in [4.69, 9.17) is 4.74 Å². The lowest BCUT2D eigenvalue weighted by atomic mass is 10.0. The van der Waals surface area contributed by atoms with Gasteiger partial charge in [0, 0.05) is 12.8 Å². The smallest absolute Gasteiger partial charge is 0.305 e. The van der Waals surface area contributed by atoms with Crippen molar-refractivity contribution in [1.29, 1.82) is 0 Å². The number of nitrogens with one attached hydrogen (secondary N) is 1. The van der Waals surface area contributed by atoms with Gasteiger partial charge in [-0.05, 0) is 51.4 Å². The quantitative estimate of drug-likeness (QED) is 0.0320. The molecule has 78 heavy (non-hydrogen) atoms. The molecule has 0 aromatic heterocycles. The number of aliphatic hydroxyl groups is 2. The van der Waals surface area contributed by atoms with Crippen LogP contribution in [0.1, 0.15) is 412 Å². The van der Waals surface area contributed by atoms with Crippen molar-refractivity contribution in [3.8, 4) is 0 Å². The summed E-state index contributed by atoms with van der Waals surface area (Å²) in [6.07, 6.45) is 84.0. The highest BCUT2D eigenvalue weighted by Gasteiger charge is 2.20. The summed E-state index contributed by atoms with van der Waals surface area (Å²) in [5.74, 6) is -0.0186. The second-order valence-electron chi connectivity index (χ2n) is 24.9. The van der Waals surface area contributed by atoms with Crippen molar-refractivity contribution in [1.82, 2.24) is 5.32 Å². The predicted octanol–water partition coefficient (Wildman–Crippen LogP) is 23.1. The topological polar surface area (TPSA) is 95.9 Å². The zero-order valence-corrected chi connectivity index (χ0v) is 53.2. The molecule has 0 saturated carbocycles. The van der Waals surface area contributed by atoms with Crippen LogP contribution in [0.2, 0.25) is 0 Å². The molecule has 0 radical (unpaired) electrons. The Morgan fingerprint density at radius 3 is 0.910 bits per heavy atom. The summed E-state index contributed by atoms with van der Waals surface area (Å²) < 4.78 is 5.49. The molecule has 3 N–H and O–H groups in total. The lowest BCUT2D eigenvalue weighted by Crippen LogP contribution is -2.45. The average Bonchev–Trinajstić information content (AvgIpc) is 3.44. The Balaban J connectivity index is 3.36. The van der Waals surface area contributed by atoms with Gasteiger partial charge in [0.1, 0.15) is 0 Å². The van der Waals surface area contributed by atoms with E-state index in [1.165, 1.54) is 334 Å². The SMILES string of the molecule is CCCCCCCC/C=C\CCCCCCCC(=O)OCCCCCCCCCCCCCCCCCCCCCCCCCCCC(=O)NC(CO)C(O)CCCCCCCCCCCCCCCCCCCCCCC. The van der Waals surface area contributed by atoms with Gasteiger partial charge in [-0.15, -0.1) is 0 Å². The monoisotopic (exact) mass is 1100 g/mol. The molecule has 0 saturated heterocycles. The number of carbonyl (C=O) groups excluding carboxylic acids is 2. The van der Waals surface area contributed by atoms with E-state index in [-0.39, 0.29) is 18.5 Å². The first kappa shape index (κ1) is 76.6. The largest absolute Gasteiger partial charge is 0.466 e. The fourth-order valence-corrected chi connectivity index (χ4v) is 11.6. The first-order valence-corrected chi connectivity index (χ1v) is 35.9. The summed E-state index contributed by atoms with van der Waals surface area (Å²) in [7, 11) is 0. The zero-order valence-electron chi connectivity index (χ0n) is 53.2. The van der Waals surface area contributed by atoms with Crippen LogP contribution in [0, 0.1) is 0 Å². The van der Waals surface area contributed by atoms with Crippen LogP contribution in [0.25, 0.3) is 0 Å². The summed E-state index contributed by atoms with van der Waals surface area (Å²) in [5.41, 5.74) is 0. The van der Waals surface area contributed by atoms with Crippen molar-refractivity contribution >= 4 is 11.9 Å². The first-order chi connectivity index (χ1) is 38.5. The highest BCUT2D eigenvalue weighted by molar-refractivity contribution is 5.76. The van der Waals surface area contributed by atoms with E-state index in [2.05, 4.69) is 31.3 Å². The maximum atomic E-state index is 12.5. The van der Waals surface area contributed by atoms with Crippen LogP contribution in [0.15, 0.2) is 12.2 Å². The Kier molecular flexibility index (Phi) is 66.9. The van der Waals surface area contributed by atoms with Crippen LogP contribution >= 0.6 is 0 Å². The van der Waals surface area contributed by atoms with E-state index in [0.29, 0.717) is 25.9 Å². The highest BCUT2D eigenvalue weighted by atomic mass is 16.5. The Bertz CT molecular complexity index is 1180. The summed E-state index contributed by atoms with van der Waals surface area (Å²) in [4.78, 5) is 24.6. The van der Waals surface area contributed by atoms with Crippen molar-refractivity contribution in [2.75, 3.05) is 13.2 Å². The summed E-state index contributed by atoms with van der Waals surface area (Å²) in [6.45, 7) is 4.99. The van der Waals surface area contributed by atoms with Crippen LogP contribution in [0.4, 0.5) is 0 Å². The molecule has 0 spiro atoms. The van der Waals surface area contributed by atoms with Gasteiger partial charge in [0.2, 0.25) is 5.91 Å². The Labute approximate surface area is 489 Å². The second-order valence-corrected chi connectivity index (χ2v) is 24.9. The van der Waals surface area contributed by atoms with Gasteiger partial charge in [0.25, 0.3) is 0 Å². The number of amides is 1. The number of allylic oxidation sites excluding steroid dienone is 2. The molecule has 0 aliphatic heterocycles. The Morgan fingerprint density at radius 2 is 0.603 bits per heavy atom. The molecule has 1 amide bonds. The number of hydrogen-bond acceptors (Lipinski definition) is 5. The molecular weight excluding hydrogens is 959 g/mol. The normalized spacial score (nSPS) is 12.5. The molecule has 6 heteroatoms. The molecule has 0 bridgehead atoms. The fourth-order valence-electron chi connectivity index (χ4n) is 11.6. The van der Waals surface area contributed by atoms with Gasteiger partial charge in [0.05, 0.1) is 25.4 Å². The molecule has 464 valence electrons. The van der Waals surface area contributed by atoms with Crippen molar-refractivity contribution in [3.63, 3.8) is 0 Å². The summed E-state index contributed by atoms with van der Waals surface area (Å²) >= 11 is 0. The second kappa shape index (κ2) is 68.1. The number of esters is 1. The van der Waals surface area contributed by atoms with Gasteiger partial charge in [-0.3, -0.25) is 9.59 Å². The van der Waals surface area contributed by atoms with E-state index in [1.807, 2.05) is 0 Å². The van der Waals surface area contributed by atoms with E-state index < -0.39 is 12.1 Å². The molecule has 0 fully saturated rings. The van der Waals surface area contributed by atoms with E-state index in [0.717, 1.165) is 44.9 Å². The lowest BCUT2D eigenvalue weighted by molar-refractivity contribution is -0.143. The van der Waals surface area contributed by atoms with Crippen LogP contribution in [-0.2, 0) is 14.3 Å². The molecule has 2 atom stereocenters. The molecule has 0 aromatic carbocycles. The van der Waals surface area contributed by atoms with Crippen LogP contribution in [0.5, 0.6) is 0 Å². The van der Waals surface area contributed by atoms with Crippen LogP contribution in [-0.4, -0.2) is 47.4 Å². The number of hydrogen-bond donors (Lipinski definition) is 3. The van der Waals surface area contributed by atoms with Gasteiger partial charge < -0.3 is 20.3 Å². The molecule has 0 heterocycles. The van der Waals surface area contributed by atoms with Crippen LogP contribution in [0.3, 0.4) is 0 Å². The first-order valence-electron chi connectivity index (χ1n) is 35.9. The molecule has 0 rings (SSSR count). The van der Waals surface area contributed by atoms with E-state index >= 15 is 0 Å². The van der Waals surface area contributed by atoms with E-state index in [1.54, 1.807) is 0 Å². The molecule has 0 aromatic rings. The fraction of sp³-hybridized carbons (Fsp3) is 0.944. The summed E-state index contributed by atoms with van der Waals surface area (Å²) in [5, 5.41) is 23.4. The average molecular weight is 1100 g/mol. The minimum atomic E-state index is -0.664. The van der Waals surface area contributed by atoms with Crippen molar-refractivity contribution in [2.24, 2.45) is 0 Å². The highest BCUT2D eigenvalue weighted by Crippen LogP contribution is 2.19. The number of unbranched alkanes of at least 4 members (excludes halogenated alkanes) is 55. The van der Waals surface area contributed by atoms with Gasteiger partial charge in [-0.1, -0.05) is 360 Å². The molecule has 2 unspecified atom stereocenters. The third-order valence-electron chi connectivity index (χ3n) is 17.1. The Morgan fingerprint density at radius 1 is 0.346 bits per heavy atom. The van der Waals surface area contributed by atoms with Crippen molar-refractivity contribution in [3.05, 3.63) is 12.2 Å². The lowest BCUT2D eigenvalue weighted by Gasteiger charge is -2.22.